The zero-order valence-corrected chi connectivity index (χ0v) is 13.6. The molecule has 1 aliphatic carbocycles. The molecule has 21 heavy (non-hydrogen) atoms. The van der Waals surface area contributed by atoms with E-state index in [1.54, 1.807) is 0 Å². The molecule has 0 amide bonds. The highest BCUT2D eigenvalue weighted by atomic mass is 16.3. The maximum atomic E-state index is 10.1. The Morgan fingerprint density at radius 3 is 2.29 bits per heavy atom. The predicted octanol–water partition coefficient (Wildman–Crippen LogP) is 4.63. The largest absolute Gasteiger partial charge is 0.396 e. The minimum absolute atomic E-state index is 0.111. The molecule has 1 N–H and O–H groups in total. The van der Waals surface area contributed by atoms with Crippen molar-refractivity contribution in [3.05, 3.63) is 30.3 Å². The molecule has 0 atom stereocenters. The maximum Gasteiger partial charge on any atom is 0.0504 e. The Morgan fingerprint density at radius 2 is 1.71 bits per heavy atom. The second-order valence-electron chi connectivity index (χ2n) is 6.68. The summed E-state index contributed by atoms with van der Waals surface area (Å²) in [6.45, 7) is 4.69. The van der Waals surface area contributed by atoms with Crippen molar-refractivity contribution in [2.45, 2.75) is 58.3 Å². The molecule has 1 saturated carbocycles. The highest BCUT2D eigenvalue weighted by Gasteiger charge is 2.32. The molecule has 0 aliphatic heterocycles. The Morgan fingerprint density at radius 1 is 1.05 bits per heavy atom. The molecule has 2 nitrogen and oxygen atoms in total. The van der Waals surface area contributed by atoms with Crippen molar-refractivity contribution in [3.63, 3.8) is 0 Å². The van der Waals surface area contributed by atoms with Crippen LogP contribution < -0.4 is 4.90 Å². The summed E-state index contributed by atoms with van der Waals surface area (Å²) in [6, 6.07) is 10.7. The standard InChI is InChI=1S/C19H31NO/c1-2-3-15-20(18-11-7-6-8-12-18)16-19(17-21)13-9-4-5-10-14-19/h6-8,11-12,21H,2-5,9-10,13-17H2,1H3. The fourth-order valence-electron chi connectivity index (χ4n) is 3.54. The second-order valence-corrected chi connectivity index (χ2v) is 6.68. The molecule has 0 bridgehead atoms. The van der Waals surface area contributed by atoms with Crippen molar-refractivity contribution in [2.24, 2.45) is 5.41 Å². The maximum absolute atomic E-state index is 10.1. The van der Waals surface area contributed by atoms with Crippen molar-refractivity contribution in [1.82, 2.24) is 0 Å². The highest BCUT2D eigenvalue weighted by molar-refractivity contribution is 5.46. The van der Waals surface area contributed by atoms with Crippen LogP contribution in [-0.2, 0) is 0 Å². The lowest BCUT2D eigenvalue weighted by molar-refractivity contribution is 0.112. The summed E-state index contributed by atoms with van der Waals surface area (Å²) >= 11 is 0. The highest BCUT2D eigenvalue weighted by Crippen LogP contribution is 2.36. The van der Waals surface area contributed by atoms with E-state index in [2.05, 4.69) is 42.2 Å². The van der Waals surface area contributed by atoms with E-state index >= 15 is 0 Å². The van der Waals surface area contributed by atoms with Gasteiger partial charge in [0.2, 0.25) is 0 Å². The van der Waals surface area contributed by atoms with Crippen molar-refractivity contribution in [1.29, 1.82) is 0 Å². The van der Waals surface area contributed by atoms with Gasteiger partial charge in [0.15, 0.2) is 0 Å². The lowest BCUT2D eigenvalue weighted by Gasteiger charge is -2.38. The summed E-state index contributed by atoms with van der Waals surface area (Å²) in [5.74, 6) is 0. The Balaban J connectivity index is 2.12. The fraction of sp³-hybridized carbons (Fsp3) is 0.684. The fourth-order valence-corrected chi connectivity index (χ4v) is 3.54. The number of aliphatic hydroxyl groups is 1. The molecule has 0 spiro atoms. The van der Waals surface area contributed by atoms with E-state index in [1.165, 1.54) is 57.1 Å². The summed E-state index contributed by atoms with van der Waals surface area (Å²) in [7, 11) is 0. The normalized spacial score (nSPS) is 18.2. The number of anilines is 1. The Kier molecular flexibility index (Phi) is 6.56. The predicted molar refractivity (Wildman–Crippen MR) is 90.8 cm³/mol. The SMILES string of the molecule is CCCCN(CC1(CO)CCCCCC1)c1ccccc1. The van der Waals surface area contributed by atoms with Gasteiger partial charge in [0.1, 0.15) is 0 Å². The summed E-state index contributed by atoms with van der Waals surface area (Å²) in [4.78, 5) is 2.50. The number of hydrogen-bond donors (Lipinski definition) is 1. The van der Waals surface area contributed by atoms with Gasteiger partial charge in [-0.1, -0.05) is 57.2 Å². The number of benzene rings is 1. The molecule has 1 aromatic rings. The third-order valence-corrected chi connectivity index (χ3v) is 4.93. The average Bonchev–Trinajstić information content (AvgIpc) is 2.78. The van der Waals surface area contributed by atoms with E-state index in [0.29, 0.717) is 6.61 Å². The van der Waals surface area contributed by atoms with Crippen LogP contribution in [0.15, 0.2) is 30.3 Å². The van der Waals surface area contributed by atoms with Gasteiger partial charge in [-0.2, -0.15) is 0 Å². The van der Waals surface area contributed by atoms with E-state index in [9.17, 15) is 5.11 Å². The second kappa shape index (κ2) is 8.43. The molecular weight excluding hydrogens is 258 g/mol. The Labute approximate surface area is 130 Å². The summed E-state index contributed by atoms with van der Waals surface area (Å²) in [6.07, 6.45) is 10.0. The minimum Gasteiger partial charge on any atom is -0.396 e. The van der Waals surface area contributed by atoms with E-state index < -0.39 is 0 Å². The molecule has 118 valence electrons. The average molecular weight is 289 g/mol. The first kappa shape index (κ1) is 16.4. The lowest BCUT2D eigenvalue weighted by atomic mass is 9.80. The number of hydrogen-bond acceptors (Lipinski definition) is 2. The molecule has 0 unspecified atom stereocenters. The number of para-hydroxylation sites is 1. The first-order valence-electron chi connectivity index (χ1n) is 8.70. The zero-order chi connectivity index (χ0) is 15.0. The summed E-state index contributed by atoms with van der Waals surface area (Å²) < 4.78 is 0. The number of rotatable bonds is 7. The van der Waals surface area contributed by atoms with Crippen LogP contribution in [0.25, 0.3) is 0 Å². The van der Waals surface area contributed by atoms with Crippen LogP contribution >= 0.6 is 0 Å². The third kappa shape index (κ3) is 4.74. The van der Waals surface area contributed by atoms with Gasteiger partial charge in [0.05, 0.1) is 6.61 Å². The molecule has 0 saturated heterocycles. The molecular formula is C19H31NO. The van der Waals surface area contributed by atoms with Gasteiger partial charge in [0.25, 0.3) is 0 Å². The van der Waals surface area contributed by atoms with Gasteiger partial charge in [0, 0.05) is 24.2 Å². The van der Waals surface area contributed by atoms with Gasteiger partial charge in [-0.05, 0) is 31.4 Å². The first-order chi connectivity index (χ1) is 10.3. The monoisotopic (exact) mass is 289 g/mol. The molecule has 0 aromatic heterocycles. The van der Waals surface area contributed by atoms with Crippen LogP contribution in [0.1, 0.15) is 58.3 Å². The van der Waals surface area contributed by atoms with Crippen LogP contribution in [0.5, 0.6) is 0 Å². The number of aliphatic hydroxyl groups excluding tert-OH is 1. The summed E-state index contributed by atoms with van der Waals surface area (Å²) in [5.41, 5.74) is 1.42. The lowest BCUT2D eigenvalue weighted by Crippen LogP contribution is -2.40. The van der Waals surface area contributed by atoms with Crippen molar-refractivity contribution >= 4 is 5.69 Å². The third-order valence-electron chi connectivity index (χ3n) is 4.93. The Bertz CT molecular complexity index is 382. The molecule has 1 aliphatic rings. The van der Waals surface area contributed by atoms with Crippen molar-refractivity contribution in [3.8, 4) is 0 Å². The summed E-state index contributed by atoms with van der Waals surface area (Å²) in [5, 5.41) is 10.1. The zero-order valence-electron chi connectivity index (χ0n) is 13.6. The smallest absolute Gasteiger partial charge is 0.0504 e. The Hall–Kier alpha value is -1.02. The number of nitrogens with zero attached hydrogens (tertiary/aromatic N) is 1. The van der Waals surface area contributed by atoms with Gasteiger partial charge in [-0.3, -0.25) is 0 Å². The molecule has 0 heterocycles. The van der Waals surface area contributed by atoms with Crippen LogP contribution in [0.4, 0.5) is 5.69 Å². The van der Waals surface area contributed by atoms with Gasteiger partial charge >= 0.3 is 0 Å². The first-order valence-corrected chi connectivity index (χ1v) is 8.70. The van der Waals surface area contributed by atoms with E-state index in [1.807, 2.05) is 0 Å². The van der Waals surface area contributed by atoms with Gasteiger partial charge < -0.3 is 10.0 Å². The topological polar surface area (TPSA) is 23.5 Å². The van der Waals surface area contributed by atoms with Gasteiger partial charge in [-0.15, -0.1) is 0 Å². The molecule has 1 aromatic carbocycles. The molecule has 0 radical (unpaired) electrons. The van der Waals surface area contributed by atoms with E-state index in [4.69, 9.17) is 0 Å². The van der Waals surface area contributed by atoms with Crippen molar-refractivity contribution < 1.29 is 5.11 Å². The van der Waals surface area contributed by atoms with E-state index in [-0.39, 0.29) is 5.41 Å². The minimum atomic E-state index is 0.111. The van der Waals surface area contributed by atoms with E-state index in [0.717, 1.165) is 13.1 Å². The van der Waals surface area contributed by atoms with Crippen LogP contribution in [0.3, 0.4) is 0 Å². The number of unbranched alkanes of at least 4 members (excludes halogenated alkanes) is 1. The molecule has 2 rings (SSSR count). The van der Waals surface area contributed by atoms with Crippen LogP contribution in [0, 0.1) is 5.41 Å². The van der Waals surface area contributed by atoms with Crippen molar-refractivity contribution in [2.75, 3.05) is 24.6 Å². The van der Waals surface area contributed by atoms with Crippen LogP contribution in [0.2, 0.25) is 0 Å². The quantitative estimate of drug-likeness (QED) is 0.740. The van der Waals surface area contributed by atoms with Gasteiger partial charge in [-0.25, -0.2) is 0 Å². The van der Waals surface area contributed by atoms with Crippen LogP contribution in [-0.4, -0.2) is 24.8 Å². The molecule has 1 fully saturated rings. The molecule has 2 heteroatoms.